The van der Waals surface area contributed by atoms with E-state index < -0.39 is 6.09 Å². The van der Waals surface area contributed by atoms with Gasteiger partial charge < -0.3 is 30.3 Å². The van der Waals surface area contributed by atoms with Gasteiger partial charge in [-0.05, 0) is 43.5 Å². The predicted molar refractivity (Wildman–Crippen MR) is 135 cm³/mol. The van der Waals surface area contributed by atoms with Crippen LogP contribution in [0, 0.1) is 5.92 Å². The summed E-state index contributed by atoms with van der Waals surface area (Å²) in [4.78, 5) is 25.9. The van der Waals surface area contributed by atoms with Crippen molar-refractivity contribution in [2.75, 3.05) is 47.4 Å². The Morgan fingerprint density at radius 2 is 2.00 bits per heavy atom. The van der Waals surface area contributed by atoms with Gasteiger partial charge in [0.05, 0.1) is 19.8 Å². The Balaban J connectivity index is 1.89. The number of urea groups is 1. The van der Waals surface area contributed by atoms with E-state index in [1.165, 1.54) is 39.2 Å². The molecule has 8 nitrogen and oxygen atoms in total. The monoisotopic (exact) mass is 496 g/mol. The summed E-state index contributed by atoms with van der Waals surface area (Å²) in [5, 5.41) is 9.66. The average molecular weight is 497 g/mol. The van der Waals surface area contributed by atoms with Crippen LogP contribution in [0.25, 0.3) is 0 Å². The number of carbonyl (C=O) groups excluding carboxylic acids is 2. The van der Waals surface area contributed by atoms with Gasteiger partial charge in [0.1, 0.15) is 0 Å². The summed E-state index contributed by atoms with van der Waals surface area (Å²) in [5.41, 5.74) is 0.935. The third-order valence-corrected chi connectivity index (χ3v) is 6.53. The molecule has 0 unspecified atom stereocenters. The number of ether oxygens (including phenoxy) is 2. The zero-order valence-corrected chi connectivity index (χ0v) is 21.5. The number of carbonyl (C=O) groups is 2. The zero-order valence-electron chi connectivity index (χ0n) is 20.8. The lowest BCUT2D eigenvalue weighted by molar-refractivity contribution is 0.0438. The van der Waals surface area contributed by atoms with Crippen molar-refractivity contribution in [2.45, 2.75) is 57.1 Å². The first-order valence-electron chi connectivity index (χ1n) is 12.3. The highest BCUT2D eigenvalue weighted by molar-refractivity contribution is 6.30. The Morgan fingerprint density at radius 1 is 1.24 bits per heavy atom. The number of rotatable bonds is 13. The molecule has 3 N–H and O–H groups in total. The number of nitrogens with one attached hydrogen (secondary N) is 3. The number of alkyl carbamates (subject to hydrolysis) is 1. The van der Waals surface area contributed by atoms with E-state index in [1.54, 1.807) is 11.9 Å². The molecule has 1 aromatic rings. The lowest BCUT2D eigenvalue weighted by Crippen LogP contribution is -2.48. The lowest BCUT2D eigenvalue weighted by atomic mass is 9.85. The first kappa shape index (κ1) is 28.2. The maximum atomic E-state index is 12.9. The van der Waals surface area contributed by atoms with Gasteiger partial charge in [-0.1, -0.05) is 55.8 Å². The van der Waals surface area contributed by atoms with Gasteiger partial charge in [0, 0.05) is 37.7 Å². The van der Waals surface area contributed by atoms with Crippen LogP contribution in [-0.4, -0.2) is 70.5 Å². The van der Waals surface area contributed by atoms with E-state index in [4.69, 9.17) is 16.3 Å². The molecule has 0 aromatic heterocycles. The summed E-state index contributed by atoms with van der Waals surface area (Å²) >= 11 is 6.18. The van der Waals surface area contributed by atoms with Crippen LogP contribution in [0.4, 0.5) is 9.59 Å². The number of likely N-dealkylation sites (N-methyl/N-ethyl adjacent to an activating group) is 1. The molecular formula is C25H41ClN4O4. The molecule has 2 rings (SSSR count). The molecule has 0 spiro atoms. The number of benzene rings is 1. The SMILES string of the molecule is CNC[C@H](CC1CCCCC1)NC(=O)N(C)CC[C@H](OCCNC(=O)OC)c1cccc(Cl)c1. The van der Waals surface area contributed by atoms with Crippen molar-refractivity contribution in [1.82, 2.24) is 20.9 Å². The average Bonchev–Trinajstić information content (AvgIpc) is 2.83. The Morgan fingerprint density at radius 3 is 2.68 bits per heavy atom. The molecule has 34 heavy (non-hydrogen) atoms. The Bertz CT molecular complexity index is 745. The van der Waals surface area contributed by atoms with Crippen LogP contribution < -0.4 is 16.0 Å². The summed E-state index contributed by atoms with van der Waals surface area (Å²) in [5.74, 6) is 0.692. The molecule has 1 aromatic carbocycles. The van der Waals surface area contributed by atoms with Crippen molar-refractivity contribution in [3.63, 3.8) is 0 Å². The Kier molecular flexibility index (Phi) is 13.1. The standard InChI is InChI=1S/C25H41ClN4O4/c1-27-18-22(16-19-8-5-4-6-9-19)29-24(31)30(2)14-12-23(20-10-7-11-21(26)17-20)34-15-13-28-25(32)33-3/h7,10-11,17,19,22-23,27H,4-6,8-9,12-16,18H2,1-3H3,(H,28,32)(H,29,31)/t22-,23-/m0/s1. The highest BCUT2D eigenvalue weighted by Gasteiger charge is 2.22. The van der Waals surface area contributed by atoms with Crippen molar-refractivity contribution in [3.8, 4) is 0 Å². The van der Waals surface area contributed by atoms with Crippen molar-refractivity contribution < 1.29 is 19.1 Å². The van der Waals surface area contributed by atoms with E-state index in [-0.39, 0.29) is 18.2 Å². The lowest BCUT2D eigenvalue weighted by Gasteiger charge is -2.29. The molecule has 2 atom stereocenters. The van der Waals surface area contributed by atoms with Crippen LogP contribution in [-0.2, 0) is 9.47 Å². The molecule has 1 fully saturated rings. The number of methoxy groups -OCH3 is 1. The van der Waals surface area contributed by atoms with E-state index in [2.05, 4.69) is 20.7 Å². The predicted octanol–water partition coefficient (Wildman–Crippen LogP) is 4.34. The van der Waals surface area contributed by atoms with Crippen LogP contribution in [0.1, 0.15) is 56.6 Å². The molecule has 1 aliphatic rings. The van der Waals surface area contributed by atoms with Gasteiger partial charge in [-0.25, -0.2) is 9.59 Å². The third-order valence-electron chi connectivity index (χ3n) is 6.29. The van der Waals surface area contributed by atoms with Crippen LogP contribution in [0.3, 0.4) is 0 Å². The van der Waals surface area contributed by atoms with Gasteiger partial charge in [-0.2, -0.15) is 0 Å². The first-order valence-corrected chi connectivity index (χ1v) is 12.7. The van der Waals surface area contributed by atoms with Gasteiger partial charge in [-0.3, -0.25) is 0 Å². The summed E-state index contributed by atoms with van der Waals surface area (Å²) in [6, 6.07) is 7.56. The van der Waals surface area contributed by atoms with Crippen molar-refractivity contribution >= 4 is 23.7 Å². The van der Waals surface area contributed by atoms with Crippen LogP contribution in [0.5, 0.6) is 0 Å². The van der Waals surface area contributed by atoms with Gasteiger partial charge in [-0.15, -0.1) is 0 Å². The largest absolute Gasteiger partial charge is 0.453 e. The quantitative estimate of drug-likeness (QED) is 0.353. The van der Waals surface area contributed by atoms with Gasteiger partial charge in [0.2, 0.25) is 0 Å². The summed E-state index contributed by atoms with van der Waals surface area (Å²) in [6.45, 7) is 1.92. The number of hydrogen-bond donors (Lipinski definition) is 3. The highest BCUT2D eigenvalue weighted by atomic mass is 35.5. The Labute approximate surface area is 209 Å². The van der Waals surface area contributed by atoms with Gasteiger partial charge >= 0.3 is 12.1 Å². The second kappa shape index (κ2) is 15.8. The second-order valence-corrected chi connectivity index (χ2v) is 9.42. The number of halogens is 1. The van der Waals surface area contributed by atoms with E-state index in [0.29, 0.717) is 37.1 Å². The highest BCUT2D eigenvalue weighted by Crippen LogP contribution is 2.27. The van der Waals surface area contributed by atoms with Crippen molar-refractivity contribution in [1.29, 1.82) is 0 Å². The van der Waals surface area contributed by atoms with E-state index in [0.717, 1.165) is 18.5 Å². The minimum atomic E-state index is -0.497. The maximum absolute atomic E-state index is 12.9. The Hall–Kier alpha value is -2.03. The molecule has 0 aliphatic heterocycles. The van der Waals surface area contributed by atoms with Crippen LogP contribution in [0.15, 0.2) is 24.3 Å². The normalized spacial score (nSPS) is 15.9. The number of amides is 3. The smallest absolute Gasteiger partial charge is 0.406 e. The zero-order chi connectivity index (χ0) is 24.8. The third kappa shape index (κ3) is 10.5. The summed E-state index contributed by atoms with van der Waals surface area (Å²) in [6.07, 6.45) is 7.30. The molecule has 0 saturated heterocycles. The molecule has 0 bridgehead atoms. The molecule has 0 heterocycles. The van der Waals surface area contributed by atoms with Gasteiger partial charge in [0.15, 0.2) is 0 Å². The minimum Gasteiger partial charge on any atom is -0.453 e. The fourth-order valence-electron chi connectivity index (χ4n) is 4.44. The topological polar surface area (TPSA) is 91.9 Å². The van der Waals surface area contributed by atoms with E-state index in [1.807, 2.05) is 31.3 Å². The molecule has 0 radical (unpaired) electrons. The van der Waals surface area contributed by atoms with Crippen molar-refractivity contribution in [2.24, 2.45) is 5.92 Å². The number of hydrogen-bond acceptors (Lipinski definition) is 5. The summed E-state index contributed by atoms with van der Waals surface area (Å²) in [7, 11) is 5.05. The van der Waals surface area contributed by atoms with E-state index in [9.17, 15) is 9.59 Å². The molecule has 192 valence electrons. The molecule has 1 aliphatic carbocycles. The fourth-order valence-corrected chi connectivity index (χ4v) is 4.64. The van der Waals surface area contributed by atoms with Crippen LogP contribution in [0.2, 0.25) is 5.02 Å². The fraction of sp³-hybridized carbons (Fsp3) is 0.680. The maximum Gasteiger partial charge on any atom is 0.406 e. The molecule has 1 saturated carbocycles. The minimum absolute atomic E-state index is 0.0757. The van der Waals surface area contributed by atoms with Crippen molar-refractivity contribution in [3.05, 3.63) is 34.9 Å². The van der Waals surface area contributed by atoms with Gasteiger partial charge in [0.25, 0.3) is 0 Å². The van der Waals surface area contributed by atoms with E-state index >= 15 is 0 Å². The molecule has 9 heteroatoms. The molecule has 3 amide bonds. The number of nitrogens with zero attached hydrogens (tertiary/aromatic N) is 1. The van der Waals surface area contributed by atoms with Crippen LogP contribution >= 0.6 is 11.6 Å². The summed E-state index contributed by atoms with van der Waals surface area (Å²) < 4.78 is 10.6. The molecular weight excluding hydrogens is 456 g/mol. The first-order chi connectivity index (χ1) is 16.4. The second-order valence-electron chi connectivity index (χ2n) is 8.99.